The zero-order valence-electron chi connectivity index (χ0n) is 10.3. The van der Waals surface area contributed by atoms with Gasteiger partial charge in [-0.1, -0.05) is 30.3 Å². The summed E-state index contributed by atoms with van der Waals surface area (Å²) in [5, 5.41) is 12.4. The Labute approximate surface area is 121 Å². The quantitative estimate of drug-likeness (QED) is 0.822. The number of aliphatic hydroxyl groups excluding tert-OH is 1. The summed E-state index contributed by atoms with van der Waals surface area (Å²) >= 11 is 2.32. The first-order valence-corrected chi connectivity index (χ1v) is 6.95. The molecule has 0 saturated heterocycles. The van der Waals surface area contributed by atoms with Crippen LogP contribution in [0.5, 0.6) is 0 Å². The molecule has 2 aromatic rings. The van der Waals surface area contributed by atoms with Crippen molar-refractivity contribution in [2.45, 2.75) is 20.1 Å². The first kappa shape index (κ1) is 13.4. The summed E-state index contributed by atoms with van der Waals surface area (Å²) < 4.78 is 1.23. The van der Waals surface area contributed by atoms with E-state index in [-0.39, 0.29) is 6.61 Å². The van der Waals surface area contributed by atoms with Crippen molar-refractivity contribution < 1.29 is 5.11 Å². The molecule has 94 valence electrons. The van der Waals surface area contributed by atoms with Crippen molar-refractivity contribution in [1.29, 1.82) is 0 Å². The molecule has 0 aromatic heterocycles. The zero-order chi connectivity index (χ0) is 13.0. The second-order valence-electron chi connectivity index (χ2n) is 4.29. The maximum Gasteiger partial charge on any atom is 0.0681 e. The molecular formula is C15H16INO. The first-order chi connectivity index (χ1) is 8.69. The number of benzene rings is 2. The Morgan fingerprint density at radius 1 is 1.06 bits per heavy atom. The summed E-state index contributed by atoms with van der Waals surface area (Å²) in [7, 11) is 0. The molecule has 0 atom stereocenters. The molecule has 0 aliphatic carbocycles. The lowest BCUT2D eigenvalue weighted by Gasteiger charge is -2.10. The summed E-state index contributed by atoms with van der Waals surface area (Å²) in [6.07, 6.45) is 0. The largest absolute Gasteiger partial charge is 0.392 e. The van der Waals surface area contributed by atoms with E-state index in [2.05, 4.69) is 53.0 Å². The van der Waals surface area contributed by atoms with Crippen LogP contribution in [-0.2, 0) is 13.2 Å². The lowest BCUT2D eigenvalue weighted by atomic mass is 10.1. The Morgan fingerprint density at radius 2 is 1.72 bits per heavy atom. The van der Waals surface area contributed by atoms with Gasteiger partial charge in [-0.15, -0.1) is 0 Å². The van der Waals surface area contributed by atoms with E-state index in [4.69, 9.17) is 5.11 Å². The van der Waals surface area contributed by atoms with Gasteiger partial charge in [-0.3, -0.25) is 0 Å². The molecule has 2 aromatic carbocycles. The predicted molar refractivity (Wildman–Crippen MR) is 83.6 cm³/mol. The van der Waals surface area contributed by atoms with Crippen molar-refractivity contribution in [2.24, 2.45) is 0 Å². The molecule has 0 saturated carbocycles. The number of anilines is 1. The van der Waals surface area contributed by atoms with E-state index in [1.54, 1.807) is 0 Å². The van der Waals surface area contributed by atoms with Crippen LogP contribution in [0, 0.1) is 10.5 Å². The lowest BCUT2D eigenvalue weighted by molar-refractivity contribution is 0.282. The van der Waals surface area contributed by atoms with E-state index in [9.17, 15) is 0 Å². The number of rotatable bonds is 4. The molecule has 2 rings (SSSR count). The molecule has 0 fully saturated rings. The van der Waals surface area contributed by atoms with Crippen LogP contribution in [0.3, 0.4) is 0 Å². The molecule has 18 heavy (non-hydrogen) atoms. The number of aryl methyl sites for hydroxylation is 1. The Balaban J connectivity index is 2.04. The molecule has 0 spiro atoms. The molecule has 0 radical (unpaired) electrons. The zero-order valence-corrected chi connectivity index (χ0v) is 12.4. The van der Waals surface area contributed by atoms with Crippen LogP contribution in [0.2, 0.25) is 0 Å². The van der Waals surface area contributed by atoms with Gasteiger partial charge in [0.2, 0.25) is 0 Å². The van der Waals surface area contributed by atoms with Crippen LogP contribution in [0.15, 0.2) is 42.5 Å². The third-order valence-corrected chi connectivity index (χ3v) is 3.56. The average molecular weight is 353 g/mol. The summed E-state index contributed by atoms with van der Waals surface area (Å²) in [5.74, 6) is 0. The lowest BCUT2D eigenvalue weighted by Crippen LogP contribution is -2.01. The Bertz CT molecular complexity index is 523. The fourth-order valence-electron chi connectivity index (χ4n) is 1.74. The molecule has 0 aliphatic rings. The SMILES string of the molecule is Cc1ccc(I)cc1NCc1ccc(CO)cc1. The number of hydrogen-bond donors (Lipinski definition) is 2. The van der Waals surface area contributed by atoms with Gasteiger partial charge in [-0.05, 0) is 58.3 Å². The Kier molecular flexibility index (Phi) is 4.60. The van der Waals surface area contributed by atoms with Gasteiger partial charge >= 0.3 is 0 Å². The molecule has 3 heteroatoms. The fraction of sp³-hybridized carbons (Fsp3) is 0.200. The molecule has 0 bridgehead atoms. The number of hydrogen-bond acceptors (Lipinski definition) is 2. The van der Waals surface area contributed by atoms with E-state index in [1.807, 2.05) is 24.3 Å². The summed E-state index contributed by atoms with van der Waals surface area (Å²) in [6.45, 7) is 3.00. The van der Waals surface area contributed by atoms with E-state index in [0.29, 0.717) is 0 Å². The van der Waals surface area contributed by atoms with E-state index in [0.717, 1.165) is 12.1 Å². The number of halogens is 1. The molecule has 0 amide bonds. The minimum atomic E-state index is 0.101. The third kappa shape index (κ3) is 3.46. The van der Waals surface area contributed by atoms with Gasteiger partial charge < -0.3 is 10.4 Å². The van der Waals surface area contributed by atoms with E-state index in [1.165, 1.54) is 20.4 Å². The van der Waals surface area contributed by atoms with Gasteiger partial charge in [0.05, 0.1) is 6.61 Å². The third-order valence-electron chi connectivity index (χ3n) is 2.89. The standard InChI is InChI=1S/C15H16INO/c1-11-2-7-14(16)8-15(11)17-9-12-3-5-13(10-18)6-4-12/h2-8,17-18H,9-10H2,1H3. The van der Waals surface area contributed by atoms with Crippen molar-refractivity contribution in [1.82, 2.24) is 0 Å². The molecule has 0 unspecified atom stereocenters. The molecule has 0 heterocycles. The van der Waals surface area contributed by atoms with Crippen LogP contribution in [-0.4, -0.2) is 5.11 Å². The Hall–Kier alpha value is -1.07. The maximum absolute atomic E-state index is 8.99. The van der Waals surface area contributed by atoms with Gasteiger partial charge in [0.15, 0.2) is 0 Å². The topological polar surface area (TPSA) is 32.3 Å². The van der Waals surface area contributed by atoms with Crippen molar-refractivity contribution in [3.63, 3.8) is 0 Å². The average Bonchev–Trinajstić information content (AvgIpc) is 2.40. The highest BCUT2D eigenvalue weighted by Crippen LogP contribution is 2.19. The smallest absolute Gasteiger partial charge is 0.0681 e. The fourth-order valence-corrected chi connectivity index (χ4v) is 2.24. The van der Waals surface area contributed by atoms with Crippen molar-refractivity contribution >= 4 is 28.3 Å². The highest BCUT2D eigenvalue weighted by atomic mass is 127. The molecule has 2 N–H and O–H groups in total. The van der Waals surface area contributed by atoms with Gasteiger partial charge in [-0.25, -0.2) is 0 Å². The van der Waals surface area contributed by atoms with Crippen LogP contribution >= 0.6 is 22.6 Å². The van der Waals surface area contributed by atoms with Crippen LogP contribution in [0.25, 0.3) is 0 Å². The highest BCUT2D eigenvalue weighted by Gasteiger charge is 1.99. The normalized spacial score (nSPS) is 10.4. The highest BCUT2D eigenvalue weighted by molar-refractivity contribution is 14.1. The van der Waals surface area contributed by atoms with Crippen LogP contribution < -0.4 is 5.32 Å². The van der Waals surface area contributed by atoms with E-state index < -0.39 is 0 Å². The molecular weight excluding hydrogens is 337 g/mol. The maximum atomic E-state index is 8.99. The predicted octanol–water partition coefficient (Wildman–Crippen LogP) is 3.70. The molecule has 2 nitrogen and oxygen atoms in total. The van der Waals surface area contributed by atoms with Gasteiger partial charge in [-0.2, -0.15) is 0 Å². The summed E-state index contributed by atoms with van der Waals surface area (Å²) in [5.41, 5.74) is 4.59. The van der Waals surface area contributed by atoms with Crippen molar-refractivity contribution in [3.8, 4) is 0 Å². The first-order valence-electron chi connectivity index (χ1n) is 5.88. The van der Waals surface area contributed by atoms with Crippen LogP contribution in [0.1, 0.15) is 16.7 Å². The second-order valence-corrected chi connectivity index (χ2v) is 5.53. The van der Waals surface area contributed by atoms with Gasteiger partial charge in [0.25, 0.3) is 0 Å². The van der Waals surface area contributed by atoms with Crippen molar-refractivity contribution in [2.75, 3.05) is 5.32 Å². The van der Waals surface area contributed by atoms with Crippen LogP contribution in [0.4, 0.5) is 5.69 Å². The number of nitrogens with one attached hydrogen (secondary N) is 1. The van der Waals surface area contributed by atoms with Gasteiger partial charge in [0.1, 0.15) is 0 Å². The monoisotopic (exact) mass is 353 g/mol. The number of aliphatic hydroxyl groups is 1. The van der Waals surface area contributed by atoms with Crippen molar-refractivity contribution in [3.05, 3.63) is 62.7 Å². The summed E-state index contributed by atoms with van der Waals surface area (Å²) in [6, 6.07) is 14.4. The minimum Gasteiger partial charge on any atom is -0.392 e. The van der Waals surface area contributed by atoms with Gasteiger partial charge in [0, 0.05) is 15.8 Å². The summed E-state index contributed by atoms with van der Waals surface area (Å²) in [4.78, 5) is 0. The second kappa shape index (κ2) is 6.20. The minimum absolute atomic E-state index is 0.101. The Morgan fingerprint density at radius 3 is 2.39 bits per heavy atom. The van der Waals surface area contributed by atoms with E-state index >= 15 is 0 Å². The molecule has 0 aliphatic heterocycles.